The molecular weight excluding hydrogens is 196 g/mol. The molecule has 2 heteroatoms. The lowest BCUT2D eigenvalue weighted by molar-refractivity contribution is 0.355. The van der Waals surface area contributed by atoms with E-state index in [0.29, 0.717) is 0 Å². The molecular formula is C14H22N2. The highest BCUT2D eigenvalue weighted by molar-refractivity contribution is 5.29. The highest BCUT2D eigenvalue weighted by Gasteiger charge is 2.16. The Bertz CT molecular complexity index is 327. The molecule has 0 amide bonds. The average Bonchev–Trinajstić information content (AvgIpc) is 2.31. The molecule has 1 aromatic carbocycles. The molecule has 1 saturated carbocycles. The normalized spacial score (nSPS) is 17.9. The topological polar surface area (TPSA) is 52.0 Å². The van der Waals surface area contributed by atoms with E-state index in [9.17, 15) is 0 Å². The van der Waals surface area contributed by atoms with Crippen molar-refractivity contribution in [3.05, 3.63) is 35.4 Å². The quantitative estimate of drug-likeness (QED) is 0.766. The zero-order valence-electron chi connectivity index (χ0n) is 9.86. The Morgan fingerprint density at radius 2 is 1.75 bits per heavy atom. The molecule has 0 aromatic heterocycles. The number of rotatable bonds is 3. The fraction of sp³-hybridized carbons (Fsp3) is 0.571. The molecule has 2 rings (SSSR count). The molecule has 0 bridgehead atoms. The Balaban J connectivity index is 2.07. The van der Waals surface area contributed by atoms with Crippen molar-refractivity contribution in [2.24, 2.45) is 17.4 Å². The number of benzene rings is 1. The second-order valence-electron chi connectivity index (χ2n) is 4.93. The lowest BCUT2D eigenvalue weighted by Crippen LogP contribution is -2.22. The van der Waals surface area contributed by atoms with Gasteiger partial charge in [0.1, 0.15) is 0 Å². The summed E-state index contributed by atoms with van der Waals surface area (Å²) >= 11 is 0. The van der Waals surface area contributed by atoms with Crippen molar-refractivity contribution in [1.82, 2.24) is 0 Å². The smallest absolute Gasteiger partial charge is 0.0787 e. The van der Waals surface area contributed by atoms with E-state index >= 15 is 0 Å². The van der Waals surface area contributed by atoms with E-state index in [4.69, 9.17) is 11.5 Å². The maximum absolute atomic E-state index is 5.80. The second kappa shape index (κ2) is 5.46. The van der Waals surface area contributed by atoms with E-state index in [1.807, 2.05) is 6.07 Å². The van der Waals surface area contributed by atoms with Gasteiger partial charge in [0.15, 0.2) is 0 Å². The molecule has 1 aromatic rings. The van der Waals surface area contributed by atoms with Gasteiger partial charge in [-0.3, -0.25) is 0 Å². The van der Waals surface area contributed by atoms with Crippen LogP contribution in [0.2, 0.25) is 0 Å². The lowest BCUT2D eigenvalue weighted by atomic mass is 9.83. The molecule has 4 N–H and O–H groups in total. The first kappa shape index (κ1) is 11.6. The summed E-state index contributed by atoms with van der Waals surface area (Å²) in [5, 5.41) is 0. The Kier molecular flexibility index (Phi) is 3.97. The standard InChI is InChI=1S/C14H22N2/c15-14(16)13-9-5-4-8-12(13)10-11-6-2-1-3-7-11/h4-5,8-9,11,14H,1-3,6-7,10,15-16H2. The fourth-order valence-electron chi connectivity index (χ4n) is 2.75. The van der Waals surface area contributed by atoms with Crippen LogP contribution in [0.4, 0.5) is 0 Å². The van der Waals surface area contributed by atoms with Crippen LogP contribution >= 0.6 is 0 Å². The molecule has 1 aliphatic rings. The number of hydrogen-bond donors (Lipinski definition) is 2. The average molecular weight is 218 g/mol. The van der Waals surface area contributed by atoms with Crippen LogP contribution in [0.15, 0.2) is 24.3 Å². The summed E-state index contributed by atoms with van der Waals surface area (Å²) < 4.78 is 0. The summed E-state index contributed by atoms with van der Waals surface area (Å²) in [7, 11) is 0. The third-order valence-electron chi connectivity index (χ3n) is 3.65. The minimum absolute atomic E-state index is 0.334. The van der Waals surface area contributed by atoms with E-state index in [-0.39, 0.29) is 6.17 Å². The molecule has 0 radical (unpaired) electrons. The summed E-state index contributed by atoms with van der Waals surface area (Å²) in [5.41, 5.74) is 14.1. The zero-order valence-corrected chi connectivity index (χ0v) is 9.86. The van der Waals surface area contributed by atoms with E-state index in [1.165, 1.54) is 37.7 Å². The predicted molar refractivity (Wildman–Crippen MR) is 67.8 cm³/mol. The van der Waals surface area contributed by atoms with Crippen LogP contribution in [0, 0.1) is 5.92 Å². The monoisotopic (exact) mass is 218 g/mol. The van der Waals surface area contributed by atoms with Gasteiger partial charge < -0.3 is 11.5 Å². The van der Waals surface area contributed by atoms with Crippen LogP contribution in [0.3, 0.4) is 0 Å². The Labute approximate surface area is 98.0 Å². The molecule has 0 saturated heterocycles. The van der Waals surface area contributed by atoms with Crippen molar-refractivity contribution in [1.29, 1.82) is 0 Å². The van der Waals surface area contributed by atoms with Crippen molar-refractivity contribution in [2.45, 2.75) is 44.7 Å². The summed E-state index contributed by atoms with van der Waals surface area (Å²) in [6.07, 6.45) is 7.75. The number of hydrogen-bond acceptors (Lipinski definition) is 2. The van der Waals surface area contributed by atoms with Crippen molar-refractivity contribution < 1.29 is 0 Å². The van der Waals surface area contributed by atoms with Crippen molar-refractivity contribution >= 4 is 0 Å². The van der Waals surface area contributed by atoms with E-state index in [2.05, 4.69) is 18.2 Å². The molecule has 1 fully saturated rings. The third-order valence-corrected chi connectivity index (χ3v) is 3.65. The Morgan fingerprint density at radius 1 is 1.06 bits per heavy atom. The maximum atomic E-state index is 5.80. The molecule has 2 nitrogen and oxygen atoms in total. The predicted octanol–water partition coefficient (Wildman–Crippen LogP) is 2.73. The second-order valence-corrected chi connectivity index (χ2v) is 4.93. The van der Waals surface area contributed by atoms with Crippen molar-refractivity contribution in [2.75, 3.05) is 0 Å². The van der Waals surface area contributed by atoms with Gasteiger partial charge >= 0.3 is 0 Å². The summed E-state index contributed by atoms with van der Waals surface area (Å²) in [6.45, 7) is 0. The van der Waals surface area contributed by atoms with Gasteiger partial charge in [-0.15, -0.1) is 0 Å². The van der Waals surface area contributed by atoms with Crippen LogP contribution in [0.25, 0.3) is 0 Å². The van der Waals surface area contributed by atoms with Gasteiger partial charge in [-0.05, 0) is 23.5 Å². The lowest BCUT2D eigenvalue weighted by Gasteiger charge is -2.23. The molecule has 0 heterocycles. The van der Waals surface area contributed by atoms with Gasteiger partial charge in [-0.1, -0.05) is 56.4 Å². The largest absolute Gasteiger partial charge is 0.312 e. The molecule has 0 atom stereocenters. The minimum Gasteiger partial charge on any atom is -0.312 e. The van der Waals surface area contributed by atoms with Crippen LogP contribution in [-0.2, 0) is 6.42 Å². The highest BCUT2D eigenvalue weighted by Crippen LogP contribution is 2.28. The van der Waals surface area contributed by atoms with Crippen LogP contribution in [0.1, 0.15) is 49.4 Å². The first-order valence-corrected chi connectivity index (χ1v) is 6.36. The van der Waals surface area contributed by atoms with E-state index < -0.39 is 0 Å². The summed E-state index contributed by atoms with van der Waals surface area (Å²) in [5.74, 6) is 0.841. The van der Waals surface area contributed by atoms with E-state index in [1.54, 1.807) is 0 Å². The molecule has 0 spiro atoms. The van der Waals surface area contributed by atoms with Gasteiger partial charge in [0, 0.05) is 0 Å². The number of nitrogens with two attached hydrogens (primary N) is 2. The first-order valence-electron chi connectivity index (χ1n) is 6.36. The van der Waals surface area contributed by atoms with Crippen LogP contribution in [0.5, 0.6) is 0 Å². The highest BCUT2D eigenvalue weighted by atomic mass is 14.8. The molecule has 0 aliphatic heterocycles. The minimum atomic E-state index is -0.334. The zero-order chi connectivity index (χ0) is 11.4. The maximum Gasteiger partial charge on any atom is 0.0787 e. The van der Waals surface area contributed by atoms with Gasteiger partial charge in [-0.2, -0.15) is 0 Å². The first-order chi connectivity index (χ1) is 7.77. The SMILES string of the molecule is NC(N)c1ccccc1CC1CCCCC1. The Morgan fingerprint density at radius 3 is 2.44 bits per heavy atom. The third kappa shape index (κ3) is 2.83. The van der Waals surface area contributed by atoms with E-state index in [0.717, 1.165) is 17.9 Å². The van der Waals surface area contributed by atoms with Gasteiger partial charge in [0.2, 0.25) is 0 Å². The summed E-state index contributed by atoms with van der Waals surface area (Å²) in [4.78, 5) is 0. The Hall–Kier alpha value is -0.860. The van der Waals surface area contributed by atoms with Crippen LogP contribution < -0.4 is 11.5 Å². The fourth-order valence-corrected chi connectivity index (χ4v) is 2.75. The van der Waals surface area contributed by atoms with Crippen molar-refractivity contribution in [3.8, 4) is 0 Å². The molecule has 1 aliphatic carbocycles. The van der Waals surface area contributed by atoms with Gasteiger partial charge in [0.25, 0.3) is 0 Å². The van der Waals surface area contributed by atoms with Gasteiger partial charge in [0.05, 0.1) is 6.17 Å². The van der Waals surface area contributed by atoms with Crippen molar-refractivity contribution in [3.63, 3.8) is 0 Å². The molecule has 16 heavy (non-hydrogen) atoms. The van der Waals surface area contributed by atoms with Crippen LogP contribution in [-0.4, -0.2) is 0 Å². The molecule has 0 unspecified atom stereocenters. The summed E-state index contributed by atoms with van der Waals surface area (Å²) in [6, 6.07) is 8.34. The molecule has 88 valence electrons. The van der Waals surface area contributed by atoms with Gasteiger partial charge in [-0.25, -0.2) is 0 Å².